The number of hydrogen-bond donors (Lipinski definition) is 0. The molecular formula is C38H33N3O4S. The summed E-state index contributed by atoms with van der Waals surface area (Å²) in [5, 5.41) is 2.93. The lowest BCUT2D eigenvalue weighted by atomic mass is 9.90. The molecule has 1 aliphatic heterocycles. The van der Waals surface area contributed by atoms with E-state index in [0.29, 0.717) is 32.9 Å². The van der Waals surface area contributed by atoms with E-state index in [1.165, 1.54) is 16.9 Å². The van der Waals surface area contributed by atoms with Crippen molar-refractivity contribution in [1.29, 1.82) is 0 Å². The molecule has 0 saturated carbocycles. The van der Waals surface area contributed by atoms with Crippen molar-refractivity contribution in [3.63, 3.8) is 0 Å². The molecule has 6 aromatic rings. The summed E-state index contributed by atoms with van der Waals surface area (Å²) in [6.07, 6.45) is 1.98. The minimum absolute atomic E-state index is 0.200. The van der Waals surface area contributed by atoms with E-state index in [9.17, 15) is 9.59 Å². The Hall–Kier alpha value is -5.21. The molecule has 0 saturated heterocycles. The molecule has 7 nitrogen and oxygen atoms in total. The van der Waals surface area contributed by atoms with Crippen molar-refractivity contribution in [2.45, 2.75) is 33.4 Å². The maximum absolute atomic E-state index is 14.6. The number of hydrogen-bond acceptors (Lipinski definition) is 6. The van der Waals surface area contributed by atoms with Gasteiger partial charge in [0.05, 0.1) is 29.5 Å². The maximum atomic E-state index is 14.6. The van der Waals surface area contributed by atoms with E-state index in [2.05, 4.69) is 35.8 Å². The van der Waals surface area contributed by atoms with E-state index >= 15 is 0 Å². The van der Waals surface area contributed by atoms with Gasteiger partial charge < -0.3 is 14.0 Å². The third-order valence-electron chi connectivity index (χ3n) is 8.68. The van der Waals surface area contributed by atoms with Gasteiger partial charge in [-0.1, -0.05) is 90.2 Å². The number of methoxy groups -OCH3 is 1. The predicted octanol–water partition coefficient (Wildman–Crippen LogP) is 6.27. The van der Waals surface area contributed by atoms with Crippen LogP contribution in [0.3, 0.4) is 0 Å². The zero-order valence-electron chi connectivity index (χ0n) is 26.1. The van der Waals surface area contributed by atoms with Gasteiger partial charge in [0.2, 0.25) is 0 Å². The Balaban J connectivity index is 1.48. The SMILES string of the molecule is CCOC(=O)C1=C(C)N=c2s/c(=C\c3c(C)n(Cc4ccccc4)c4ccccc34)c(=O)n2[C@H]1c1c(OC)ccc2ccccc12. The lowest BCUT2D eigenvalue weighted by Gasteiger charge is -2.27. The number of carbonyl (C=O) groups is 1. The van der Waals surface area contributed by atoms with Gasteiger partial charge in [0.25, 0.3) is 5.56 Å². The number of benzene rings is 4. The van der Waals surface area contributed by atoms with Crippen LogP contribution in [0.15, 0.2) is 112 Å². The number of thiazole rings is 1. The minimum Gasteiger partial charge on any atom is -0.496 e. The molecule has 1 atom stereocenters. The smallest absolute Gasteiger partial charge is 0.338 e. The van der Waals surface area contributed by atoms with Crippen LogP contribution >= 0.6 is 11.3 Å². The molecule has 0 amide bonds. The average Bonchev–Trinajstić information content (AvgIpc) is 3.52. The fraction of sp³-hybridized carbons (Fsp3) is 0.184. The van der Waals surface area contributed by atoms with Crippen molar-refractivity contribution in [3.05, 3.63) is 144 Å². The van der Waals surface area contributed by atoms with Crippen LogP contribution in [0.25, 0.3) is 27.8 Å². The molecule has 0 aliphatic carbocycles. The van der Waals surface area contributed by atoms with Crippen molar-refractivity contribution < 1.29 is 14.3 Å². The van der Waals surface area contributed by atoms with Crippen molar-refractivity contribution in [2.75, 3.05) is 13.7 Å². The molecule has 3 heterocycles. The molecule has 1 aliphatic rings. The Morgan fingerprint density at radius 1 is 0.935 bits per heavy atom. The molecular weight excluding hydrogens is 595 g/mol. The van der Waals surface area contributed by atoms with Gasteiger partial charge in [0.1, 0.15) is 11.8 Å². The standard InChI is InChI=1S/C38H33N3O4S/c1-5-45-37(43)33-23(2)39-38-41(35(33)34-27-16-10-9-15-26(27)19-20-31(34)44-4)36(42)32(46-38)21-29-24(3)40(22-25-13-7-6-8-14-25)30-18-12-11-17-28(29)30/h6-21,35H,5,22H2,1-4H3/b32-21-/t35-/m1/s1. The Morgan fingerprint density at radius 3 is 2.41 bits per heavy atom. The first kappa shape index (κ1) is 29.5. The summed E-state index contributed by atoms with van der Waals surface area (Å²) in [7, 11) is 1.60. The molecule has 230 valence electrons. The summed E-state index contributed by atoms with van der Waals surface area (Å²) in [4.78, 5) is 33.5. The highest BCUT2D eigenvalue weighted by Gasteiger charge is 2.36. The van der Waals surface area contributed by atoms with Gasteiger partial charge >= 0.3 is 5.97 Å². The summed E-state index contributed by atoms with van der Waals surface area (Å²) in [6, 6.07) is 29.6. The number of carbonyl (C=O) groups excluding carboxylic acids is 1. The van der Waals surface area contributed by atoms with Crippen LogP contribution in [0.5, 0.6) is 5.75 Å². The molecule has 8 heteroatoms. The Morgan fingerprint density at radius 2 is 1.65 bits per heavy atom. The van der Waals surface area contributed by atoms with E-state index in [1.807, 2.05) is 72.8 Å². The van der Waals surface area contributed by atoms with Crippen molar-refractivity contribution in [1.82, 2.24) is 9.13 Å². The molecule has 0 unspecified atom stereocenters. The van der Waals surface area contributed by atoms with E-state index in [4.69, 9.17) is 14.5 Å². The number of nitrogens with zero attached hydrogens (tertiary/aromatic N) is 3. The van der Waals surface area contributed by atoms with Crippen LogP contribution in [0.1, 0.15) is 42.3 Å². The molecule has 2 aromatic heterocycles. The summed E-state index contributed by atoms with van der Waals surface area (Å²) in [6.45, 7) is 6.58. The number of aromatic nitrogens is 2. The largest absolute Gasteiger partial charge is 0.496 e. The lowest BCUT2D eigenvalue weighted by Crippen LogP contribution is -2.40. The Labute approximate surface area is 270 Å². The van der Waals surface area contributed by atoms with Gasteiger partial charge in [-0.15, -0.1) is 0 Å². The molecule has 0 fully saturated rings. The highest BCUT2D eigenvalue weighted by molar-refractivity contribution is 7.07. The van der Waals surface area contributed by atoms with E-state index < -0.39 is 12.0 Å². The second-order valence-electron chi connectivity index (χ2n) is 11.3. The van der Waals surface area contributed by atoms with Crippen LogP contribution in [-0.4, -0.2) is 28.8 Å². The monoisotopic (exact) mass is 627 g/mol. The topological polar surface area (TPSA) is 74.8 Å². The average molecular weight is 628 g/mol. The highest BCUT2D eigenvalue weighted by atomic mass is 32.1. The van der Waals surface area contributed by atoms with Gasteiger partial charge in [0, 0.05) is 34.3 Å². The van der Waals surface area contributed by atoms with Gasteiger partial charge in [-0.3, -0.25) is 9.36 Å². The van der Waals surface area contributed by atoms with Crippen molar-refractivity contribution >= 4 is 45.1 Å². The van der Waals surface area contributed by atoms with Crippen LogP contribution in [0, 0.1) is 6.92 Å². The zero-order chi connectivity index (χ0) is 31.9. The van der Waals surface area contributed by atoms with Gasteiger partial charge in [-0.05, 0) is 55.3 Å². The highest BCUT2D eigenvalue weighted by Crippen LogP contribution is 2.40. The van der Waals surface area contributed by atoms with Crippen LogP contribution in [0.4, 0.5) is 0 Å². The van der Waals surface area contributed by atoms with Gasteiger partial charge in [-0.2, -0.15) is 0 Å². The fourth-order valence-corrected chi connectivity index (χ4v) is 7.57. The van der Waals surface area contributed by atoms with Crippen molar-refractivity contribution in [3.8, 4) is 5.75 Å². The fourth-order valence-electron chi connectivity index (χ4n) is 6.54. The number of fused-ring (bicyclic) bond motifs is 3. The Kier molecular flexibility index (Phi) is 7.66. The van der Waals surface area contributed by atoms with Crippen LogP contribution < -0.4 is 19.6 Å². The minimum atomic E-state index is -0.793. The first-order chi connectivity index (χ1) is 22.4. The number of ether oxygens (including phenoxy) is 2. The van der Waals surface area contributed by atoms with Gasteiger partial charge in [0.15, 0.2) is 4.80 Å². The maximum Gasteiger partial charge on any atom is 0.338 e. The number of para-hydroxylation sites is 1. The number of allylic oxidation sites excluding steroid dienone is 1. The first-order valence-corrected chi connectivity index (χ1v) is 16.1. The Bertz CT molecular complexity index is 2360. The van der Waals surface area contributed by atoms with E-state index in [0.717, 1.165) is 38.5 Å². The van der Waals surface area contributed by atoms with Crippen LogP contribution in [0.2, 0.25) is 0 Å². The molecule has 0 radical (unpaired) electrons. The van der Waals surface area contributed by atoms with Crippen LogP contribution in [-0.2, 0) is 16.1 Å². The zero-order valence-corrected chi connectivity index (χ0v) is 26.9. The van der Waals surface area contributed by atoms with E-state index in [-0.39, 0.29) is 12.2 Å². The summed E-state index contributed by atoms with van der Waals surface area (Å²) in [5.41, 5.74) is 5.68. The molecule has 0 N–H and O–H groups in total. The molecule has 7 rings (SSSR count). The second-order valence-corrected chi connectivity index (χ2v) is 12.3. The quantitative estimate of drug-likeness (QED) is 0.196. The molecule has 46 heavy (non-hydrogen) atoms. The van der Waals surface area contributed by atoms with Gasteiger partial charge in [-0.25, -0.2) is 9.79 Å². The predicted molar refractivity (Wildman–Crippen MR) is 183 cm³/mol. The van der Waals surface area contributed by atoms with E-state index in [1.54, 1.807) is 25.5 Å². The molecule has 0 spiro atoms. The number of rotatable bonds is 7. The lowest BCUT2D eigenvalue weighted by molar-refractivity contribution is -0.139. The molecule has 4 aromatic carbocycles. The third-order valence-corrected chi connectivity index (χ3v) is 9.66. The molecule has 0 bridgehead atoms. The third kappa shape index (κ3) is 4.86. The summed E-state index contributed by atoms with van der Waals surface area (Å²) >= 11 is 1.33. The summed E-state index contributed by atoms with van der Waals surface area (Å²) in [5.74, 6) is 0.0763. The summed E-state index contributed by atoms with van der Waals surface area (Å²) < 4.78 is 15.9. The second kappa shape index (κ2) is 11.9. The number of esters is 1. The van der Waals surface area contributed by atoms with Crippen molar-refractivity contribution in [2.24, 2.45) is 4.99 Å². The normalized spacial score (nSPS) is 14.9. The first-order valence-electron chi connectivity index (χ1n) is 15.3.